The zero-order valence-corrected chi connectivity index (χ0v) is 12.0. The molecule has 0 saturated heterocycles. The number of unbranched alkanes of at least 4 members (excludes halogenated alkanes) is 1. The number of nitrogens with two attached hydrogens (primary N) is 1. The maximum atomic E-state index is 13.6. The predicted molar refractivity (Wildman–Crippen MR) is 80.3 cm³/mol. The van der Waals surface area contributed by atoms with Crippen LogP contribution < -0.4 is 5.73 Å². The van der Waals surface area contributed by atoms with E-state index >= 15 is 0 Å². The second-order valence-electron chi connectivity index (χ2n) is 5.22. The van der Waals surface area contributed by atoms with Crippen molar-refractivity contribution >= 4 is 17.0 Å². The second-order valence-corrected chi connectivity index (χ2v) is 5.22. The quantitative estimate of drug-likeness (QED) is 0.734. The molecule has 0 spiro atoms. The van der Waals surface area contributed by atoms with Gasteiger partial charge >= 0.3 is 0 Å². The molecule has 2 N–H and O–H groups in total. The van der Waals surface area contributed by atoms with Crippen LogP contribution in [-0.4, -0.2) is 19.1 Å². The summed E-state index contributed by atoms with van der Waals surface area (Å²) < 4.78 is 17.6. The summed E-state index contributed by atoms with van der Waals surface area (Å²) in [6.07, 6.45) is 7.54. The molecule has 0 aliphatic rings. The Morgan fingerprint density at radius 2 is 2.05 bits per heavy atom. The number of anilines is 1. The number of halogens is 1. The lowest BCUT2D eigenvalue weighted by Gasteiger charge is -2.07. The van der Waals surface area contributed by atoms with Crippen molar-refractivity contribution in [1.82, 2.24) is 19.1 Å². The van der Waals surface area contributed by atoms with Crippen LogP contribution in [0.1, 0.15) is 18.4 Å². The third-order valence-electron chi connectivity index (χ3n) is 3.67. The molecule has 0 bridgehead atoms. The normalized spacial score (nSPS) is 11.3. The van der Waals surface area contributed by atoms with Crippen molar-refractivity contribution in [2.24, 2.45) is 0 Å². The molecule has 0 unspecified atom stereocenters. The molecule has 0 aliphatic heterocycles. The minimum Gasteiger partial charge on any atom is -0.369 e. The van der Waals surface area contributed by atoms with E-state index in [2.05, 4.69) is 14.5 Å². The Balaban J connectivity index is 1.71. The van der Waals surface area contributed by atoms with Gasteiger partial charge in [-0.05, 0) is 31.4 Å². The third kappa shape index (κ3) is 2.74. The molecule has 110 valence electrons. The highest BCUT2D eigenvalue weighted by Crippen LogP contribution is 2.22. The maximum absolute atomic E-state index is 13.6. The largest absolute Gasteiger partial charge is 0.369 e. The van der Waals surface area contributed by atoms with Gasteiger partial charge in [0.15, 0.2) is 0 Å². The van der Waals surface area contributed by atoms with Crippen molar-refractivity contribution in [2.45, 2.75) is 32.9 Å². The average molecular weight is 287 g/mol. The first kappa shape index (κ1) is 13.6. The molecule has 5 nitrogen and oxygen atoms in total. The van der Waals surface area contributed by atoms with E-state index in [0.29, 0.717) is 17.0 Å². The van der Waals surface area contributed by atoms with Gasteiger partial charge in [-0.2, -0.15) is 0 Å². The van der Waals surface area contributed by atoms with Gasteiger partial charge in [0.25, 0.3) is 0 Å². The number of hydrogen-bond donors (Lipinski definition) is 1. The van der Waals surface area contributed by atoms with E-state index in [9.17, 15) is 4.39 Å². The molecule has 0 aliphatic carbocycles. The van der Waals surface area contributed by atoms with Crippen LogP contribution in [0.25, 0.3) is 11.0 Å². The van der Waals surface area contributed by atoms with Gasteiger partial charge < -0.3 is 14.9 Å². The summed E-state index contributed by atoms with van der Waals surface area (Å²) >= 11 is 0. The van der Waals surface area contributed by atoms with E-state index in [1.165, 1.54) is 6.07 Å². The average Bonchev–Trinajstić information content (AvgIpc) is 3.05. The first-order valence-electron chi connectivity index (χ1n) is 7.03. The summed E-state index contributed by atoms with van der Waals surface area (Å²) in [6.45, 7) is 3.46. The molecule has 3 aromatic rings. The maximum Gasteiger partial charge on any atom is 0.201 e. The number of aromatic nitrogens is 4. The number of nitrogens with zero attached hydrogens (tertiary/aromatic N) is 4. The molecular weight excluding hydrogens is 269 g/mol. The van der Waals surface area contributed by atoms with Gasteiger partial charge in [0.2, 0.25) is 5.95 Å². The fraction of sp³-hybridized carbons (Fsp3) is 0.333. The molecule has 2 heterocycles. The number of aryl methyl sites for hydroxylation is 3. The molecule has 0 radical (unpaired) electrons. The van der Waals surface area contributed by atoms with E-state index in [4.69, 9.17) is 5.73 Å². The molecule has 0 fully saturated rings. The first-order chi connectivity index (χ1) is 10.1. The molecule has 2 aromatic heterocycles. The van der Waals surface area contributed by atoms with E-state index in [1.54, 1.807) is 13.1 Å². The summed E-state index contributed by atoms with van der Waals surface area (Å²) in [5.74, 6) is 0.199. The van der Waals surface area contributed by atoms with Crippen LogP contribution >= 0.6 is 0 Å². The number of imidazole rings is 2. The highest BCUT2D eigenvalue weighted by molar-refractivity contribution is 5.79. The zero-order valence-electron chi connectivity index (χ0n) is 12.0. The highest BCUT2D eigenvalue weighted by Gasteiger charge is 2.10. The van der Waals surface area contributed by atoms with Crippen LogP contribution in [0.4, 0.5) is 10.3 Å². The van der Waals surface area contributed by atoms with Gasteiger partial charge in [-0.15, -0.1) is 0 Å². The lowest BCUT2D eigenvalue weighted by Crippen LogP contribution is -2.05. The molecule has 0 atom stereocenters. The minimum atomic E-state index is -0.243. The molecule has 6 heteroatoms. The smallest absolute Gasteiger partial charge is 0.201 e. The topological polar surface area (TPSA) is 61.7 Å². The predicted octanol–water partition coefficient (Wildman–Crippen LogP) is 2.74. The fourth-order valence-electron chi connectivity index (χ4n) is 2.49. The number of nitrogen functional groups attached to an aromatic ring is 1. The Bertz CT molecular complexity index is 745. The monoisotopic (exact) mass is 287 g/mol. The van der Waals surface area contributed by atoms with Crippen LogP contribution in [0.15, 0.2) is 30.9 Å². The van der Waals surface area contributed by atoms with E-state index in [-0.39, 0.29) is 5.82 Å². The van der Waals surface area contributed by atoms with Crippen molar-refractivity contribution in [3.05, 3.63) is 42.2 Å². The van der Waals surface area contributed by atoms with Gasteiger partial charge in [-0.1, -0.05) is 0 Å². The molecule has 0 saturated carbocycles. The van der Waals surface area contributed by atoms with Gasteiger partial charge in [-0.3, -0.25) is 0 Å². The number of rotatable bonds is 5. The lowest BCUT2D eigenvalue weighted by atomic mass is 10.2. The van der Waals surface area contributed by atoms with Crippen molar-refractivity contribution in [3.63, 3.8) is 0 Å². The summed E-state index contributed by atoms with van der Waals surface area (Å²) in [7, 11) is 0. The molecule has 1 aromatic carbocycles. The van der Waals surface area contributed by atoms with Gasteiger partial charge in [0.05, 0.1) is 17.4 Å². The molecule has 3 rings (SSSR count). The van der Waals surface area contributed by atoms with Crippen LogP contribution in [0.3, 0.4) is 0 Å². The first-order valence-corrected chi connectivity index (χ1v) is 7.03. The zero-order chi connectivity index (χ0) is 14.8. The van der Waals surface area contributed by atoms with Crippen LogP contribution in [0.5, 0.6) is 0 Å². The van der Waals surface area contributed by atoms with Gasteiger partial charge in [0.1, 0.15) is 5.82 Å². The van der Waals surface area contributed by atoms with Crippen molar-refractivity contribution < 1.29 is 4.39 Å². The van der Waals surface area contributed by atoms with E-state index in [1.807, 2.05) is 23.2 Å². The molecular formula is C15H18FN5. The molecule has 21 heavy (non-hydrogen) atoms. The summed E-state index contributed by atoms with van der Waals surface area (Å²) in [6, 6.07) is 3.26. The van der Waals surface area contributed by atoms with Crippen LogP contribution in [-0.2, 0) is 13.1 Å². The van der Waals surface area contributed by atoms with Crippen LogP contribution in [0, 0.1) is 12.7 Å². The fourth-order valence-corrected chi connectivity index (χ4v) is 2.49. The van der Waals surface area contributed by atoms with E-state index in [0.717, 1.165) is 31.4 Å². The summed E-state index contributed by atoms with van der Waals surface area (Å²) in [5.41, 5.74) is 8.07. The van der Waals surface area contributed by atoms with Crippen molar-refractivity contribution in [2.75, 3.05) is 5.73 Å². The molecule has 0 amide bonds. The van der Waals surface area contributed by atoms with Gasteiger partial charge in [-0.25, -0.2) is 14.4 Å². The lowest BCUT2D eigenvalue weighted by molar-refractivity contribution is 0.562. The highest BCUT2D eigenvalue weighted by atomic mass is 19.1. The Morgan fingerprint density at radius 1 is 1.24 bits per heavy atom. The summed E-state index contributed by atoms with van der Waals surface area (Å²) in [5, 5.41) is 0. The van der Waals surface area contributed by atoms with Gasteiger partial charge in [0, 0.05) is 31.5 Å². The number of fused-ring (bicyclic) bond motifs is 1. The Kier molecular flexibility index (Phi) is 3.60. The Hall–Kier alpha value is -2.37. The van der Waals surface area contributed by atoms with Crippen LogP contribution in [0.2, 0.25) is 0 Å². The van der Waals surface area contributed by atoms with Crippen molar-refractivity contribution in [3.8, 4) is 0 Å². The Morgan fingerprint density at radius 3 is 2.81 bits per heavy atom. The number of benzene rings is 1. The third-order valence-corrected chi connectivity index (χ3v) is 3.67. The standard InChI is InChI=1S/C15H18FN5/c1-11-8-14-13(9-12(11)16)19-15(17)21(14)6-3-2-5-20-7-4-18-10-20/h4,7-10H,2-3,5-6H2,1H3,(H2,17,19). The SMILES string of the molecule is Cc1cc2c(cc1F)nc(N)n2CCCCn1ccnc1. The minimum absolute atomic E-state index is 0.243. The second kappa shape index (κ2) is 5.55. The van der Waals surface area contributed by atoms with E-state index < -0.39 is 0 Å². The van der Waals surface area contributed by atoms with Crippen molar-refractivity contribution in [1.29, 1.82) is 0 Å². The Labute approximate surface area is 122 Å². The number of hydrogen-bond acceptors (Lipinski definition) is 3. The summed E-state index contributed by atoms with van der Waals surface area (Å²) in [4.78, 5) is 8.25.